The van der Waals surface area contributed by atoms with Gasteiger partial charge in [0.2, 0.25) is 5.91 Å². The minimum atomic E-state index is -0.465. The number of likely N-dealkylation sites (N-methyl/N-ethyl adjacent to an activating group) is 1. The highest BCUT2D eigenvalue weighted by atomic mass is 35.5. The van der Waals surface area contributed by atoms with Crippen LogP contribution in [-0.2, 0) is 4.79 Å². The summed E-state index contributed by atoms with van der Waals surface area (Å²) in [7, 11) is 3.20. The summed E-state index contributed by atoms with van der Waals surface area (Å²) in [6, 6.07) is 9.73. The average molecular weight is 474 g/mol. The Morgan fingerprint density at radius 3 is 2.70 bits per heavy atom. The zero-order valence-corrected chi connectivity index (χ0v) is 19.2. The van der Waals surface area contributed by atoms with Crippen LogP contribution in [0.4, 0.5) is 15.9 Å². The maximum absolute atomic E-state index is 14.3. The van der Waals surface area contributed by atoms with Crippen LogP contribution in [0, 0.1) is 5.82 Å². The van der Waals surface area contributed by atoms with E-state index in [0.29, 0.717) is 34.8 Å². The summed E-state index contributed by atoms with van der Waals surface area (Å²) >= 11 is 6.50. The van der Waals surface area contributed by atoms with Crippen LogP contribution in [0.3, 0.4) is 0 Å². The summed E-state index contributed by atoms with van der Waals surface area (Å²) in [6.07, 6.45) is 2.88. The Kier molecular flexibility index (Phi) is 7.10. The molecule has 174 valence electrons. The number of anilines is 2. The lowest BCUT2D eigenvalue weighted by molar-refractivity contribution is -0.122. The SMILES string of the molecule is CNC(=O)CN1CCC(Oc2cc3c(N(Cl)c4ccccc4F)ncnc3cc2OC)CC1. The summed E-state index contributed by atoms with van der Waals surface area (Å²) in [5.74, 6) is 0.933. The fraction of sp³-hybridized carbons (Fsp3) is 0.348. The molecule has 1 saturated heterocycles. The van der Waals surface area contributed by atoms with Gasteiger partial charge in [0.1, 0.15) is 18.2 Å². The van der Waals surface area contributed by atoms with Crippen molar-refractivity contribution >= 4 is 40.1 Å². The van der Waals surface area contributed by atoms with Crippen molar-refractivity contribution in [2.75, 3.05) is 38.2 Å². The number of hydrogen-bond donors (Lipinski definition) is 1. The molecule has 1 aromatic heterocycles. The fourth-order valence-electron chi connectivity index (χ4n) is 3.83. The smallest absolute Gasteiger partial charge is 0.233 e. The van der Waals surface area contributed by atoms with E-state index in [4.69, 9.17) is 21.3 Å². The standard InChI is InChI=1S/C23H25ClFN5O3/c1-26-22(31)13-29-9-7-15(8-10-29)33-21-11-16-18(12-20(21)32-2)27-14-28-23(16)30(24)19-6-4-3-5-17(19)25/h3-6,11-12,14-15H,7-10,13H2,1-2H3,(H,26,31). The summed E-state index contributed by atoms with van der Waals surface area (Å²) in [4.78, 5) is 22.3. The number of likely N-dealkylation sites (tertiary alicyclic amines) is 1. The van der Waals surface area contributed by atoms with E-state index in [1.807, 2.05) is 0 Å². The van der Waals surface area contributed by atoms with Crippen LogP contribution in [0.1, 0.15) is 12.8 Å². The van der Waals surface area contributed by atoms with Crippen molar-refractivity contribution in [3.8, 4) is 11.5 Å². The molecule has 2 aromatic carbocycles. The van der Waals surface area contributed by atoms with Crippen molar-refractivity contribution in [1.29, 1.82) is 0 Å². The summed E-state index contributed by atoms with van der Waals surface area (Å²) in [5, 5.41) is 3.25. The molecule has 2 heterocycles. The zero-order valence-electron chi connectivity index (χ0n) is 18.4. The number of amides is 1. The molecule has 0 bridgehead atoms. The number of methoxy groups -OCH3 is 1. The normalized spacial score (nSPS) is 14.8. The number of hydrogen-bond acceptors (Lipinski definition) is 7. The molecule has 1 N–H and O–H groups in total. The molecule has 4 rings (SSSR count). The van der Waals surface area contributed by atoms with E-state index in [9.17, 15) is 9.18 Å². The molecule has 1 aliphatic rings. The minimum Gasteiger partial charge on any atom is -0.493 e. The number of rotatable bonds is 7. The molecule has 33 heavy (non-hydrogen) atoms. The second-order valence-electron chi connectivity index (χ2n) is 7.72. The molecule has 0 aliphatic carbocycles. The lowest BCUT2D eigenvalue weighted by atomic mass is 10.1. The van der Waals surface area contributed by atoms with Gasteiger partial charge in [-0.3, -0.25) is 9.69 Å². The third-order valence-electron chi connectivity index (χ3n) is 5.62. The lowest BCUT2D eigenvalue weighted by Crippen LogP contribution is -2.43. The van der Waals surface area contributed by atoms with Gasteiger partial charge in [0, 0.05) is 43.4 Å². The highest BCUT2D eigenvalue weighted by Crippen LogP contribution is 2.39. The van der Waals surface area contributed by atoms with Gasteiger partial charge in [-0.05, 0) is 31.0 Å². The maximum atomic E-state index is 14.3. The third kappa shape index (κ3) is 5.09. The van der Waals surface area contributed by atoms with E-state index in [1.54, 1.807) is 44.5 Å². The predicted molar refractivity (Wildman–Crippen MR) is 125 cm³/mol. The van der Waals surface area contributed by atoms with Crippen LogP contribution in [0.2, 0.25) is 0 Å². The molecule has 1 fully saturated rings. The van der Waals surface area contributed by atoms with Gasteiger partial charge in [0.25, 0.3) is 0 Å². The zero-order chi connectivity index (χ0) is 23.4. The van der Waals surface area contributed by atoms with Crippen molar-refractivity contribution in [3.63, 3.8) is 0 Å². The fourth-order valence-corrected chi connectivity index (χ4v) is 4.10. The van der Waals surface area contributed by atoms with Crippen molar-refractivity contribution in [2.24, 2.45) is 0 Å². The van der Waals surface area contributed by atoms with E-state index in [-0.39, 0.29) is 17.7 Å². The first-order chi connectivity index (χ1) is 16.0. The van der Waals surface area contributed by atoms with Crippen LogP contribution in [0.5, 0.6) is 11.5 Å². The molecule has 0 atom stereocenters. The molecule has 0 unspecified atom stereocenters. The first-order valence-electron chi connectivity index (χ1n) is 10.6. The highest BCUT2D eigenvalue weighted by Gasteiger charge is 2.24. The van der Waals surface area contributed by atoms with Gasteiger partial charge < -0.3 is 14.8 Å². The van der Waals surface area contributed by atoms with Crippen molar-refractivity contribution in [2.45, 2.75) is 18.9 Å². The number of piperidine rings is 1. The number of benzene rings is 2. The van der Waals surface area contributed by atoms with E-state index in [0.717, 1.165) is 25.9 Å². The number of nitrogens with one attached hydrogen (secondary N) is 1. The number of nitrogens with zero attached hydrogens (tertiary/aromatic N) is 4. The highest BCUT2D eigenvalue weighted by molar-refractivity contribution is 6.30. The van der Waals surface area contributed by atoms with Gasteiger partial charge in [-0.2, -0.15) is 0 Å². The molecular weight excluding hydrogens is 449 g/mol. The molecule has 0 spiro atoms. The second-order valence-corrected chi connectivity index (χ2v) is 8.05. The molecular formula is C23H25ClFN5O3. The Balaban J connectivity index is 1.59. The Morgan fingerprint density at radius 2 is 2.00 bits per heavy atom. The Labute approximate surface area is 196 Å². The number of carbonyl (C=O) groups is 1. The molecule has 1 aliphatic heterocycles. The first kappa shape index (κ1) is 23.0. The van der Waals surface area contributed by atoms with Crippen molar-refractivity contribution in [1.82, 2.24) is 20.2 Å². The molecule has 10 heteroatoms. The van der Waals surface area contributed by atoms with Gasteiger partial charge in [-0.25, -0.2) is 18.8 Å². The number of aromatic nitrogens is 2. The lowest BCUT2D eigenvalue weighted by Gasteiger charge is -2.31. The van der Waals surface area contributed by atoms with Crippen LogP contribution >= 0.6 is 11.8 Å². The topological polar surface area (TPSA) is 79.8 Å². The second kappa shape index (κ2) is 10.2. The number of para-hydroxylation sites is 1. The van der Waals surface area contributed by atoms with Crippen molar-refractivity contribution < 1.29 is 18.7 Å². The average Bonchev–Trinajstić information content (AvgIpc) is 2.84. The molecule has 8 nitrogen and oxygen atoms in total. The van der Waals surface area contributed by atoms with Crippen molar-refractivity contribution in [3.05, 3.63) is 48.5 Å². The number of ether oxygens (including phenoxy) is 2. The van der Waals surface area contributed by atoms with Crippen LogP contribution < -0.4 is 19.2 Å². The van der Waals surface area contributed by atoms with E-state index in [2.05, 4.69) is 20.2 Å². The van der Waals surface area contributed by atoms with E-state index < -0.39 is 5.82 Å². The van der Waals surface area contributed by atoms with E-state index in [1.165, 1.54) is 16.8 Å². The first-order valence-corrected chi connectivity index (χ1v) is 11.0. The number of carbonyl (C=O) groups excluding carboxylic acids is 1. The summed E-state index contributed by atoms with van der Waals surface area (Å²) < 4.78 is 27.3. The summed E-state index contributed by atoms with van der Waals surface area (Å²) in [5.41, 5.74) is 0.771. The van der Waals surface area contributed by atoms with Crippen LogP contribution in [0.25, 0.3) is 10.9 Å². The van der Waals surface area contributed by atoms with Crippen LogP contribution in [-0.4, -0.2) is 60.7 Å². The Bertz CT molecular complexity index is 1140. The summed E-state index contributed by atoms with van der Waals surface area (Å²) in [6.45, 7) is 1.89. The maximum Gasteiger partial charge on any atom is 0.233 e. The number of fused-ring (bicyclic) bond motifs is 1. The molecule has 3 aromatic rings. The predicted octanol–water partition coefficient (Wildman–Crippen LogP) is 3.66. The molecule has 0 saturated carbocycles. The molecule has 0 radical (unpaired) electrons. The molecule has 1 amide bonds. The monoisotopic (exact) mass is 473 g/mol. The number of halogens is 2. The van der Waals surface area contributed by atoms with Gasteiger partial charge in [0.05, 0.1) is 24.9 Å². The van der Waals surface area contributed by atoms with Gasteiger partial charge in [0.15, 0.2) is 17.3 Å². The Hall–Kier alpha value is -3.17. The van der Waals surface area contributed by atoms with Gasteiger partial charge >= 0.3 is 0 Å². The van der Waals surface area contributed by atoms with Crippen LogP contribution in [0.15, 0.2) is 42.7 Å². The van der Waals surface area contributed by atoms with Gasteiger partial charge in [-0.1, -0.05) is 12.1 Å². The largest absolute Gasteiger partial charge is 0.493 e. The van der Waals surface area contributed by atoms with Gasteiger partial charge in [-0.15, -0.1) is 0 Å². The minimum absolute atomic E-state index is 0.00132. The Morgan fingerprint density at radius 1 is 1.24 bits per heavy atom. The van der Waals surface area contributed by atoms with E-state index >= 15 is 0 Å². The quantitative estimate of drug-likeness (QED) is 0.524. The third-order valence-corrected chi connectivity index (χ3v) is 5.97.